The van der Waals surface area contributed by atoms with E-state index >= 15 is 0 Å². The van der Waals surface area contributed by atoms with E-state index in [1.807, 2.05) is 0 Å². The van der Waals surface area contributed by atoms with Crippen LogP contribution in [0.15, 0.2) is 40.2 Å². The van der Waals surface area contributed by atoms with Gasteiger partial charge < -0.3 is 25.9 Å². The van der Waals surface area contributed by atoms with E-state index in [2.05, 4.69) is 25.4 Å². The molecule has 0 radical (unpaired) electrons. The Bertz CT molecular complexity index is 1740. The molecule has 0 aliphatic heterocycles. The molecular weight excluding hydrogens is 531 g/mol. The number of carbonyl (C=O) groups excluding carboxylic acids is 1. The van der Waals surface area contributed by atoms with Crippen molar-refractivity contribution in [3.05, 3.63) is 68.2 Å². The maximum Gasteiger partial charge on any atom is 0.331 e. The Morgan fingerprint density at radius 2 is 2.18 bits per heavy atom. The van der Waals surface area contributed by atoms with Gasteiger partial charge in [-0.25, -0.2) is 18.7 Å². The predicted molar refractivity (Wildman–Crippen MR) is 141 cm³/mol. The van der Waals surface area contributed by atoms with Crippen molar-refractivity contribution < 1.29 is 19.0 Å². The van der Waals surface area contributed by atoms with Gasteiger partial charge in [-0.2, -0.15) is 9.61 Å². The summed E-state index contributed by atoms with van der Waals surface area (Å²) in [6, 6.07) is 5.06. The van der Waals surface area contributed by atoms with Gasteiger partial charge in [-0.15, -0.1) is 0 Å². The average molecular weight is 557 g/mol. The maximum atomic E-state index is 14.4. The number of aromatic nitrogens is 5. The number of aromatic amines is 1. The number of carbonyl (C=O) groups is 1. The summed E-state index contributed by atoms with van der Waals surface area (Å²) in [6.07, 6.45) is 4.86. The van der Waals surface area contributed by atoms with Crippen molar-refractivity contribution in [1.82, 2.24) is 24.1 Å². The Balaban J connectivity index is 1.53. The molecule has 1 aliphatic carbocycles. The summed E-state index contributed by atoms with van der Waals surface area (Å²) in [4.78, 5) is 36.3. The molecule has 0 saturated heterocycles. The van der Waals surface area contributed by atoms with E-state index < -0.39 is 36.1 Å². The lowest BCUT2D eigenvalue weighted by atomic mass is 10.1. The minimum absolute atomic E-state index is 0.0424. The van der Waals surface area contributed by atoms with Crippen LogP contribution >= 0.6 is 11.6 Å². The number of aromatic hydroxyl groups is 1. The number of benzene rings is 1. The summed E-state index contributed by atoms with van der Waals surface area (Å²) in [5.41, 5.74) is 6.09. The van der Waals surface area contributed by atoms with Crippen LogP contribution in [0.4, 0.5) is 15.9 Å². The van der Waals surface area contributed by atoms with Gasteiger partial charge in [-0.1, -0.05) is 25.4 Å². The van der Waals surface area contributed by atoms with Crippen LogP contribution in [0.1, 0.15) is 32.4 Å². The largest absolute Gasteiger partial charge is 0.493 e. The normalized spacial score (nSPS) is 15.3. The standard InChI is InChI=1S/C25H26ClFN8O4/c1-12(2)21(28)24(37)39-11-34-23(36)18(32-25(34)38)7-13-10-29-35-20(30-15-4-5-15)9-19(33-22(13)35)31-17-8-14(26)3-6-16(17)27/h3,6-10,12,15,21,31,36H,4-5,11,28H2,1-2H3,(H,32,38)/b13-7-,30-20?. The second kappa shape index (κ2) is 10.5. The van der Waals surface area contributed by atoms with Gasteiger partial charge in [0.1, 0.15) is 23.4 Å². The maximum absolute atomic E-state index is 14.4. The van der Waals surface area contributed by atoms with Crippen LogP contribution in [0.25, 0.3) is 11.7 Å². The molecule has 0 bridgehead atoms. The van der Waals surface area contributed by atoms with Gasteiger partial charge >= 0.3 is 11.7 Å². The molecule has 5 N–H and O–H groups in total. The quantitative estimate of drug-likeness (QED) is 0.237. The van der Waals surface area contributed by atoms with E-state index in [9.17, 15) is 19.1 Å². The number of nitrogens with zero attached hydrogens (tertiary/aromatic N) is 5. The topological polar surface area (TPSA) is 165 Å². The summed E-state index contributed by atoms with van der Waals surface area (Å²) in [5, 5.41) is 18.8. The van der Waals surface area contributed by atoms with Crippen LogP contribution in [-0.2, 0) is 16.3 Å². The molecule has 1 aromatic carbocycles. The first kappa shape index (κ1) is 26.4. The third-order valence-electron chi connectivity index (χ3n) is 6.14. The molecule has 1 unspecified atom stereocenters. The summed E-state index contributed by atoms with van der Waals surface area (Å²) in [7, 11) is 0. The lowest BCUT2D eigenvalue weighted by molar-refractivity contribution is -0.150. The summed E-state index contributed by atoms with van der Waals surface area (Å²) in [6.45, 7) is 3.00. The number of anilines is 2. The highest BCUT2D eigenvalue weighted by Crippen LogP contribution is 2.24. The van der Waals surface area contributed by atoms with Crippen molar-refractivity contribution in [2.24, 2.45) is 16.6 Å². The monoisotopic (exact) mass is 556 g/mol. The Morgan fingerprint density at radius 1 is 1.41 bits per heavy atom. The number of fused-ring (bicyclic) bond motifs is 1. The average Bonchev–Trinajstić information content (AvgIpc) is 3.56. The van der Waals surface area contributed by atoms with Crippen LogP contribution in [0.5, 0.6) is 5.88 Å². The fraction of sp³-hybridized carbons (Fsp3) is 0.320. The molecule has 0 spiro atoms. The van der Waals surface area contributed by atoms with E-state index in [0.717, 1.165) is 17.4 Å². The number of esters is 1. The number of nitrogens with two attached hydrogens (primary N) is 1. The van der Waals surface area contributed by atoms with Crippen molar-refractivity contribution in [2.75, 3.05) is 5.32 Å². The van der Waals surface area contributed by atoms with E-state index in [1.54, 1.807) is 19.9 Å². The molecule has 3 aromatic heterocycles. The number of nitrogens with one attached hydrogen (secondary N) is 2. The molecular formula is C25H26ClFN8O4. The van der Waals surface area contributed by atoms with Crippen molar-refractivity contribution in [2.45, 2.75) is 45.5 Å². The van der Waals surface area contributed by atoms with Gasteiger partial charge in [0.25, 0.3) is 0 Å². The van der Waals surface area contributed by atoms with E-state index in [0.29, 0.717) is 27.2 Å². The Morgan fingerprint density at radius 3 is 2.90 bits per heavy atom. The molecule has 4 aromatic rings. The van der Waals surface area contributed by atoms with Gasteiger partial charge in [0.05, 0.1) is 17.9 Å². The number of halogens is 2. The Hall–Kier alpha value is -4.23. The van der Waals surface area contributed by atoms with Gasteiger partial charge in [-0.3, -0.25) is 9.79 Å². The van der Waals surface area contributed by atoms with Crippen LogP contribution in [-0.4, -0.2) is 47.3 Å². The highest BCUT2D eigenvalue weighted by atomic mass is 35.5. The number of hydrogen-bond donors (Lipinski definition) is 4. The zero-order valence-corrected chi connectivity index (χ0v) is 21.8. The van der Waals surface area contributed by atoms with Crippen molar-refractivity contribution in [1.29, 1.82) is 0 Å². The summed E-state index contributed by atoms with van der Waals surface area (Å²) < 4.78 is 21.9. The summed E-state index contributed by atoms with van der Waals surface area (Å²) >= 11 is 6.03. The lowest BCUT2D eigenvalue weighted by Gasteiger charge is -2.14. The first-order valence-corrected chi connectivity index (χ1v) is 12.6. The molecule has 12 nitrogen and oxygen atoms in total. The molecule has 5 rings (SSSR count). The Labute approximate surface area is 225 Å². The molecule has 1 fully saturated rings. The lowest BCUT2D eigenvalue weighted by Crippen LogP contribution is -2.37. The van der Waals surface area contributed by atoms with Crippen LogP contribution in [0, 0.1) is 11.7 Å². The van der Waals surface area contributed by atoms with Crippen molar-refractivity contribution in [3.63, 3.8) is 0 Å². The number of ether oxygens (including phenoxy) is 1. The molecule has 204 valence electrons. The van der Waals surface area contributed by atoms with E-state index in [4.69, 9.17) is 22.1 Å². The minimum atomic E-state index is -0.865. The molecule has 1 atom stereocenters. The van der Waals surface area contributed by atoms with Gasteiger partial charge in [0, 0.05) is 16.3 Å². The highest BCUT2D eigenvalue weighted by molar-refractivity contribution is 6.30. The second-order valence-corrected chi connectivity index (χ2v) is 9.98. The molecule has 1 aliphatic rings. The predicted octanol–water partition coefficient (Wildman–Crippen LogP) is 1.56. The highest BCUT2D eigenvalue weighted by Gasteiger charge is 2.22. The van der Waals surface area contributed by atoms with Crippen LogP contribution in [0.3, 0.4) is 0 Å². The van der Waals surface area contributed by atoms with Crippen molar-refractivity contribution in [3.8, 4) is 5.88 Å². The molecule has 1 saturated carbocycles. The number of hydrogen-bond acceptors (Lipinski definition) is 9. The summed E-state index contributed by atoms with van der Waals surface area (Å²) in [5.74, 6) is -1.53. The number of imidazole rings is 1. The zero-order valence-electron chi connectivity index (χ0n) is 21.1. The number of rotatable bonds is 8. The van der Waals surface area contributed by atoms with E-state index in [-0.39, 0.29) is 23.3 Å². The third kappa shape index (κ3) is 5.64. The van der Waals surface area contributed by atoms with Gasteiger partial charge in [0.15, 0.2) is 17.9 Å². The number of H-pyrrole nitrogens is 1. The van der Waals surface area contributed by atoms with Crippen LogP contribution in [0.2, 0.25) is 5.02 Å². The Kier molecular flexibility index (Phi) is 7.10. The SMILES string of the molecule is CC(C)C(N)C(=O)OCn1c(O)c(/C=c2/cnn3c(=NC4CC4)cc(Nc4cc(Cl)ccc4F)nc23)[nH]c1=O. The minimum Gasteiger partial charge on any atom is -0.493 e. The fourth-order valence-electron chi connectivity index (χ4n) is 3.70. The second-order valence-electron chi connectivity index (χ2n) is 9.55. The third-order valence-corrected chi connectivity index (χ3v) is 6.38. The molecule has 0 amide bonds. The fourth-order valence-corrected chi connectivity index (χ4v) is 3.87. The first-order valence-electron chi connectivity index (χ1n) is 12.2. The van der Waals surface area contributed by atoms with Gasteiger partial charge in [-0.05, 0) is 43.0 Å². The zero-order chi connectivity index (χ0) is 27.8. The first-order chi connectivity index (χ1) is 18.6. The molecule has 39 heavy (non-hydrogen) atoms. The molecule has 14 heteroatoms. The van der Waals surface area contributed by atoms with E-state index in [1.165, 1.54) is 35.0 Å². The van der Waals surface area contributed by atoms with Crippen LogP contribution < -0.4 is 27.4 Å². The smallest absolute Gasteiger partial charge is 0.331 e. The van der Waals surface area contributed by atoms with Gasteiger partial charge in [0.2, 0.25) is 5.88 Å². The van der Waals surface area contributed by atoms with Crippen molar-refractivity contribution >= 4 is 40.8 Å². The molecule has 3 heterocycles.